The third-order valence-corrected chi connectivity index (χ3v) is 3.00. The molecule has 1 heterocycles. The van der Waals surface area contributed by atoms with Crippen molar-refractivity contribution in [1.29, 1.82) is 0 Å². The number of carboxylic acids is 1. The molecule has 1 saturated heterocycles. The Morgan fingerprint density at radius 2 is 2.12 bits per heavy atom. The van der Waals surface area contributed by atoms with Crippen LogP contribution in [0.2, 0.25) is 0 Å². The summed E-state index contributed by atoms with van der Waals surface area (Å²) in [6, 6.07) is 6.23. The minimum atomic E-state index is -1.16. The van der Waals surface area contributed by atoms with Gasteiger partial charge < -0.3 is 10.4 Å². The summed E-state index contributed by atoms with van der Waals surface area (Å²) in [4.78, 5) is 22.2. The molecule has 1 aromatic carbocycles. The summed E-state index contributed by atoms with van der Waals surface area (Å²) in [5.41, 5.74) is 0.457. The maximum absolute atomic E-state index is 13.5. The molecule has 0 bridgehead atoms. The van der Waals surface area contributed by atoms with Gasteiger partial charge in [0.15, 0.2) is 0 Å². The molecule has 0 saturated carbocycles. The van der Waals surface area contributed by atoms with Crippen molar-refractivity contribution in [2.75, 3.05) is 6.54 Å². The highest BCUT2D eigenvalue weighted by molar-refractivity contribution is 5.97. The highest BCUT2D eigenvalue weighted by Crippen LogP contribution is 2.28. The van der Waals surface area contributed by atoms with Gasteiger partial charge in [0.2, 0.25) is 5.91 Å². The van der Waals surface area contributed by atoms with E-state index in [2.05, 4.69) is 5.32 Å². The molecule has 0 aliphatic carbocycles. The molecule has 2 atom stereocenters. The van der Waals surface area contributed by atoms with E-state index in [9.17, 15) is 14.0 Å². The van der Waals surface area contributed by atoms with Gasteiger partial charge >= 0.3 is 5.97 Å². The van der Waals surface area contributed by atoms with Crippen LogP contribution in [0.15, 0.2) is 24.3 Å². The topological polar surface area (TPSA) is 66.4 Å². The van der Waals surface area contributed by atoms with Crippen LogP contribution in [0.4, 0.5) is 4.39 Å². The molecule has 17 heavy (non-hydrogen) atoms. The van der Waals surface area contributed by atoms with Crippen molar-refractivity contribution in [1.82, 2.24) is 5.32 Å². The zero-order valence-electron chi connectivity index (χ0n) is 9.02. The molecule has 1 aliphatic rings. The summed E-state index contributed by atoms with van der Waals surface area (Å²) < 4.78 is 13.5. The van der Waals surface area contributed by atoms with E-state index in [1.807, 2.05) is 0 Å². The fraction of sp³-hybridized carbons (Fsp3) is 0.333. The number of piperidine rings is 1. The second kappa shape index (κ2) is 4.53. The lowest BCUT2D eigenvalue weighted by molar-refractivity contribution is -0.148. The standard InChI is InChI=1S/C12H12FNO3/c13-10-4-2-1-3-8(10)7-5-9(12(16)17)11(15)14-6-7/h1-4,7,9H,5-6H2,(H,14,15)(H,16,17)/t7-,9-/m0/s1. The van der Waals surface area contributed by atoms with E-state index in [1.54, 1.807) is 18.2 Å². The average molecular weight is 237 g/mol. The Morgan fingerprint density at radius 1 is 1.41 bits per heavy atom. The molecular weight excluding hydrogens is 225 g/mol. The van der Waals surface area contributed by atoms with E-state index in [-0.39, 0.29) is 24.7 Å². The number of carbonyl (C=O) groups excluding carboxylic acids is 1. The molecule has 4 nitrogen and oxygen atoms in total. The molecule has 0 aromatic heterocycles. The van der Waals surface area contributed by atoms with Crippen LogP contribution in [0.1, 0.15) is 17.9 Å². The Bertz CT molecular complexity index is 461. The Balaban J connectivity index is 2.22. The summed E-state index contributed by atoms with van der Waals surface area (Å²) >= 11 is 0. The van der Waals surface area contributed by atoms with Gasteiger partial charge in [0.25, 0.3) is 0 Å². The normalized spacial score (nSPS) is 24.2. The van der Waals surface area contributed by atoms with E-state index < -0.39 is 17.8 Å². The number of halogens is 1. The van der Waals surface area contributed by atoms with Gasteiger partial charge in [-0.25, -0.2) is 4.39 Å². The Kier molecular flexibility index (Phi) is 3.08. The maximum atomic E-state index is 13.5. The second-order valence-electron chi connectivity index (χ2n) is 4.09. The molecular formula is C12H12FNO3. The minimum absolute atomic E-state index is 0.141. The Labute approximate surface area is 97.4 Å². The number of carboxylic acid groups (broad SMARTS) is 1. The van der Waals surface area contributed by atoms with Gasteiger partial charge in [0.05, 0.1) is 0 Å². The van der Waals surface area contributed by atoms with E-state index in [1.165, 1.54) is 6.07 Å². The molecule has 1 aromatic rings. The fourth-order valence-corrected chi connectivity index (χ4v) is 2.08. The zero-order valence-corrected chi connectivity index (χ0v) is 9.02. The van der Waals surface area contributed by atoms with Gasteiger partial charge in [-0.1, -0.05) is 18.2 Å². The summed E-state index contributed by atoms with van der Waals surface area (Å²) in [6.45, 7) is 0.281. The van der Waals surface area contributed by atoms with E-state index in [0.29, 0.717) is 5.56 Å². The van der Waals surface area contributed by atoms with Crippen LogP contribution in [-0.4, -0.2) is 23.5 Å². The minimum Gasteiger partial charge on any atom is -0.481 e. The Morgan fingerprint density at radius 3 is 2.76 bits per heavy atom. The molecule has 2 N–H and O–H groups in total. The van der Waals surface area contributed by atoms with Crippen molar-refractivity contribution in [2.45, 2.75) is 12.3 Å². The lowest BCUT2D eigenvalue weighted by Crippen LogP contribution is -2.44. The van der Waals surface area contributed by atoms with Crippen molar-refractivity contribution in [3.63, 3.8) is 0 Å². The van der Waals surface area contributed by atoms with Crippen molar-refractivity contribution < 1.29 is 19.1 Å². The molecule has 0 spiro atoms. The molecule has 90 valence electrons. The smallest absolute Gasteiger partial charge is 0.316 e. The predicted molar refractivity (Wildman–Crippen MR) is 57.9 cm³/mol. The number of nitrogens with one attached hydrogen (secondary N) is 1. The first-order valence-electron chi connectivity index (χ1n) is 5.34. The number of amides is 1. The van der Waals surface area contributed by atoms with E-state index in [0.717, 1.165) is 0 Å². The maximum Gasteiger partial charge on any atom is 0.316 e. The molecule has 1 fully saturated rings. The van der Waals surface area contributed by atoms with Crippen LogP contribution < -0.4 is 5.32 Å². The number of hydrogen-bond acceptors (Lipinski definition) is 2. The summed E-state index contributed by atoms with van der Waals surface area (Å²) in [6.07, 6.45) is 0.141. The van der Waals surface area contributed by atoms with E-state index >= 15 is 0 Å². The largest absolute Gasteiger partial charge is 0.481 e. The van der Waals surface area contributed by atoms with Crippen LogP contribution in [0.5, 0.6) is 0 Å². The SMILES string of the molecule is O=C(O)[C@H]1C[C@H](c2ccccc2F)CNC1=O. The van der Waals surface area contributed by atoms with Gasteiger partial charge in [0, 0.05) is 12.5 Å². The quantitative estimate of drug-likeness (QED) is 0.758. The second-order valence-corrected chi connectivity index (χ2v) is 4.09. The lowest BCUT2D eigenvalue weighted by atomic mass is 9.85. The highest BCUT2D eigenvalue weighted by atomic mass is 19.1. The molecule has 0 radical (unpaired) electrons. The molecule has 2 rings (SSSR count). The number of hydrogen-bond donors (Lipinski definition) is 2. The van der Waals surface area contributed by atoms with Crippen LogP contribution in [0.25, 0.3) is 0 Å². The monoisotopic (exact) mass is 237 g/mol. The summed E-state index contributed by atoms with van der Waals surface area (Å²) in [7, 11) is 0. The highest BCUT2D eigenvalue weighted by Gasteiger charge is 2.35. The summed E-state index contributed by atoms with van der Waals surface area (Å²) in [5.74, 6) is -3.39. The van der Waals surface area contributed by atoms with Crippen LogP contribution >= 0.6 is 0 Å². The van der Waals surface area contributed by atoms with Crippen LogP contribution in [0.3, 0.4) is 0 Å². The third kappa shape index (κ3) is 2.27. The fourth-order valence-electron chi connectivity index (χ4n) is 2.08. The van der Waals surface area contributed by atoms with Gasteiger partial charge in [-0.2, -0.15) is 0 Å². The first-order valence-corrected chi connectivity index (χ1v) is 5.34. The van der Waals surface area contributed by atoms with Gasteiger partial charge in [0.1, 0.15) is 11.7 Å². The molecule has 0 unspecified atom stereocenters. The van der Waals surface area contributed by atoms with Crippen LogP contribution in [-0.2, 0) is 9.59 Å². The number of aliphatic carboxylic acids is 1. The summed E-state index contributed by atoms with van der Waals surface area (Å²) in [5, 5.41) is 11.4. The molecule has 5 heteroatoms. The first-order chi connectivity index (χ1) is 8.09. The van der Waals surface area contributed by atoms with Gasteiger partial charge in [-0.05, 0) is 18.1 Å². The third-order valence-electron chi connectivity index (χ3n) is 3.00. The first kappa shape index (κ1) is 11.6. The zero-order chi connectivity index (χ0) is 12.4. The number of carbonyl (C=O) groups is 2. The van der Waals surface area contributed by atoms with Crippen molar-refractivity contribution in [3.05, 3.63) is 35.6 Å². The van der Waals surface area contributed by atoms with Gasteiger partial charge in [-0.3, -0.25) is 9.59 Å². The van der Waals surface area contributed by atoms with E-state index in [4.69, 9.17) is 5.11 Å². The molecule has 1 aliphatic heterocycles. The number of benzene rings is 1. The van der Waals surface area contributed by atoms with Crippen molar-refractivity contribution >= 4 is 11.9 Å². The lowest BCUT2D eigenvalue weighted by Gasteiger charge is -2.27. The van der Waals surface area contributed by atoms with Gasteiger partial charge in [-0.15, -0.1) is 0 Å². The molecule has 1 amide bonds. The Hall–Kier alpha value is -1.91. The average Bonchev–Trinajstić information content (AvgIpc) is 2.30. The van der Waals surface area contributed by atoms with Crippen LogP contribution in [0, 0.1) is 11.7 Å². The number of rotatable bonds is 2. The van der Waals surface area contributed by atoms with Crippen molar-refractivity contribution in [2.24, 2.45) is 5.92 Å². The predicted octanol–water partition coefficient (Wildman–Crippen LogP) is 1.13. The van der Waals surface area contributed by atoms with Crippen molar-refractivity contribution in [3.8, 4) is 0 Å².